The Balaban J connectivity index is 2.32. The Labute approximate surface area is 124 Å². The highest BCUT2D eigenvalue weighted by Crippen LogP contribution is 2.48. The lowest BCUT2D eigenvalue weighted by atomic mass is 10.2. The molecule has 23 heavy (non-hydrogen) atoms. The number of rotatable bonds is 1. The maximum Gasteiger partial charge on any atom is 0.507 e. The summed E-state index contributed by atoms with van der Waals surface area (Å²) in [6.07, 6.45) is -9.91. The van der Waals surface area contributed by atoms with E-state index in [9.17, 15) is 26.0 Å². The minimum Gasteiger partial charge on any atom is -0.421 e. The van der Waals surface area contributed by atoms with Crippen molar-refractivity contribution in [2.45, 2.75) is 12.2 Å². The number of imidazole rings is 1. The highest BCUT2D eigenvalue weighted by Gasteiger charge is 2.66. The second-order valence-electron chi connectivity index (χ2n) is 4.38. The van der Waals surface area contributed by atoms with Crippen molar-refractivity contribution in [2.24, 2.45) is 5.14 Å². The first-order valence-electron chi connectivity index (χ1n) is 5.60. The molecule has 0 saturated heterocycles. The lowest BCUT2D eigenvalue weighted by Gasteiger charge is -2.31. The minimum atomic E-state index is -4.97. The molecule has 1 aliphatic heterocycles. The first-order chi connectivity index (χ1) is 10.5. The van der Waals surface area contributed by atoms with Gasteiger partial charge < -0.3 is 9.47 Å². The van der Waals surface area contributed by atoms with Crippen molar-refractivity contribution in [3.8, 4) is 17.6 Å². The van der Waals surface area contributed by atoms with Gasteiger partial charge in [-0.2, -0.15) is 35.2 Å². The van der Waals surface area contributed by atoms with E-state index in [1.165, 1.54) is 6.07 Å². The molecule has 2 heterocycles. The summed E-state index contributed by atoms with van der Waals surface area (Å²) in [5.41, 5.74) is -0.702. The second kappa shape index (κ2) is 4.24. The highest BCUT2D eigenvalue weighted by atomic mass is 32.2. The summed E-state index contributed by atoms with van der Waals surface area (Å²) in [6.45, 7) is 0. The van der Waals surface area contributed by atoms with Crippen molar-refractivity contribution in [3.05, 3.63) is 18.0 Å². The number of benzene rings is 1. The van der Waals surface area contributed by atoms with Gasteiger partial charge in [-0.3, -0.25) is 0 Å². The van der Waals surface area contributed by atoms with Crippen molar-refractivity contribution in [1.29, 1.82) is 5.26 Å². The predicted molar refractivity (Wildman–Crippen MR) is 64.1 cm³/mol. The van der Waals surface area contributed by atoms with E-state index in [2.05, 4.69) is 14.5 Å². The summed E-state index contributed by atoms with van der Waals surface area (Å²) < 4.78 is 83.6. The molecule has 0 fully saturated rings. The maximum absolute atomic E-state index is 13.2. The van der Waals surface area contributed by atoms with Crippen LogP contribution in [0.4, 0.5) is 17.6 Å². The number of nitrogens with zero attached hydrogens (tertiary/aromatic N) is 3. The number of ether oxygens (including phenoxy) is 2. The summed E-state index contributed by atoms with van der Waals surface area (Å²) in [5, 5.41) is 13.8. The number of nitriles is 1. The molecule has 13 heteroatoms. The van der Waals surface area contributed by atoms with E-state index in [4.69, 9.17) is 10.4 Å². The van der Waals surface area contributed by atoms with Crippen molar-refractivity contribution in [2.75, 3.05) is 0 Å². The smallest absolute Gasteiger partial charge is 0.421 e. The highest BCUT2D eigenvalue weighted by molar-refractivity contribution is 7.87. The second-order valence-corrected chi connectivity index (χ2v) is 5.78. The van der Waals surface area contributed by atoms with Crippen LogP contribution in [0.3, 0.4) is 0 Å². The Bertz CT molecular complexity index is 979. The van der Waals surface area contributed by atoms with E-state index in [-0.39, 0.29) is 9.49 Å². The van der Waals surface area contributed by atoms with E-state index in [1.807, 2.05) is 0 Å². The van der Waals surface area contributed by atoms with Crippen LogP contribution in [0.5, 0.6) is 11.5 Å². The number of hydrogen-bond acceptors (Lipinski definition) is 6. The third kappa shape index (κ3) is 2.14. The van der Waals surface area contributed by atoms with E-state index in [0.717, 1.165) is 6.07 Å². The zero-order valence-electron chi connectivity index (χ0n) is 10.6. The van der Waals surface area contributed by atoms with Crippen molar-refractivity contribution < 1.29 is 35.5 Å². The van der Waals surface area contributed by atoms with Gasteiger partial charge in [-0.15, -0.1) is 0 Å². The number of halogens is 4. The molecule has 0 radical (unpaired) electrons. The topological polar surface area (TPSA) is 120 Å². The van der Waals surface area contributed by atoms with Gasteiger partial charge in [0.15, 0.2) is 11.5 Å². The van der Waals surface area contributed by atoms with Gasteiger partial charge in [-0.25, -0.2) is 10.1 Å². The lowest BCUT2D eigenvalue weighted by Crippen LogP contribution is -2.52. The Kier molecular flexibility index (Phi) is 2.82. The number of aromatic nitrogens is 2. The van der Waals surface area contributed by atoms with Crippen LogP contribution in [0.1, 0.15) is 5.82 Å². The van der Waals surface area contributed by atoms with Crippen LogP contribution in [-0.2, 0) is 10.2 Å². The molecule has 0 unspecified atom stereocenters. The summed E-state index contributed by atoms with van der Waals surface area (Å²) in [4.78, 5) is 3.56. The SMILES string of the molecule is N#Cc1nc2cc3c(cc2n1S(N)(=O)=O)OC(F)(F)C(F)(F)O3. The van der Waals surface area contributed by atoms with Gasteiger partial charge in [-0.05, 0) is 0 Å². The van der Waals surface area contributed by atoms with Crippen molar-refractivity contribution in [1.82, 2.24) is 8.96 Å². The summed E-state index contributed by atoms with van der Waals surface area (Å²) in [6, 6.07) is 2.82. The van der Waals surface area contributed by atoms with Crippen molar-refractivity contribution >= 4 is 21.2 Å². The van der Waals surface area contributed by atoms with Gasteiger partial charge in [0.25, 0.3) is 0 Å². The summed E-state index contributed by atoms with van der Waals surface area (Å²) in [7, 11) is -4.51. The molecule has 1 aromatic heterocycles. The molecule has 122 valence electrons. The van der Waals surface area contributed by atoms with E-state index >= 15 is 0 Å². The van der Waals surface area contributed by atoms with Gasteiger partial charge in [0.1, 0.15) is 6.07 Å². The largest absolute Gasteiger partial charge is 0.507 e. The third-order valence-corrected chi connectivity index (χ3v) is 3.73. The number of nitrogens with two attached hydrogens (primary N) is 1. The Morgan fingerprint density at radius 2 is 1.70 bits per heavy atom. The number of hydrogen-bond donors (Lipinski definition) is 1. The monoisotopic (exact) mass is 352 g/mol. The molecule has 0 amide bonds. The Hall–Kier alpha value is -2.59. The molecule has 2 aromatic rings. The molecule has 8 nitrogen and oxygen atoms in total. The first kappa shape index (κ1) is 15.3. The van der Waals surface area contributed by atoms with Gasteiger partial charge in [-0.1, -0.05) is 0 Å². The number of fused-ring (bicyclic) bond motifs is 2. The van der Waals surface area contributed by atoms with E-state index in [1.54, 1.807) is 0 Å². The molecule has 2 N–H and O–H groups in total. The third-order valence-electron chi connectivity index (χ3n) is 2.85. The van der Waals surface area contributed by atoms with Crippen LogP contribution in [-0.4, -0.2) is 29.6 Å². The van der Waals surface area contributed by atoms with Crippen LogP contribution >= 0.6 is 0 Å². The molecule has 0 bridgehead atoms. The standard InChI is InChI=1S/C10H4F4N4O4S/c11-9(12)10(13,14)22-7-2-5-4(1-6(7)21-9)17-8(3-15)18(5)23(16,19)20/h1-2H,(H2,16,19,20). The van der Waals surface area contributed by atoms with Crippen LogP contribution in [0.25, 0.3) is 11.0 Å². The van der Waals surface area contributed by atoms with Gasteiger partial charge in [0, 0.05) is 12.1 Å². The molecule has 0 spiro atoms. The average molecular weight is 352 g/mol. The molecule has 3 rings (SSSR count). The fourth-order valence-corrected chi connectivity index (χ4v) is 2.69. The van der Waals surface area contributed by atoms with E-state index < -0.39 is 45.3 Å². The molecular formula is C10H4F4N4O4S. The van der Waals surface area contributed by atoms with Crippen LogP contribution in [0.15, 0.2) is 12.1 Å². The maximum atomic E-state index is 13.2. The van der Waals surface area contributed by atoms with Gasteiger partial charge in [0.05, 0.1) is 11.0 Å². The van der Waals surface area contributed by atoms with E-state index in [0.29, 0.717) is 6.07 Å². The quantitative estimate of drug-likeness (QED) is 0.762. The molecular weight excluding hydrogens is 348 g/mol. The predicted octanol–water partition coefficient (Wildman–Crippen LogP) is 0.916. The number of alkyl halides is 4. The van der Waals surface area contributed by atoms with Crippen LogP contribution < -0.4 is 14.6 Å². The normalized spacial score (nSPS) is 18.6. The zero-order valence-corrected chi connectivity index (χ0v) is 11.4. The molecule has 0 atom stereocenters. The van der Waals surface area contributed by atoms with Crippen molar-refractivity contribution in [3.63, 3.8) is 0 Å². The van der Waals surface area contributed by atoms with Gasteiger partial charge >= 0.3 is 22.4 Å². The Morgan fingerprint density at radius 3 is 2.17 bits per heavy atom. The van der Waals surface area contributed by atoms with Crippen LogP contribution in [0.2, 0.25) is 0 Å². The van der Waals surface area contributed by atoms with Crippen LogP contribution in [0, 0.1) is 11.3 Å². The average Bonchev–Trinajstić information content (AvgIpc) is 2.74. The molecule has 1 aliphatic rings. The molecule has 0 saturated carbocycles. The fraction of sp³-hybridized carbons (Fsp3) is 0.200. The molecule has 0 aliphatic carbocycles. The molecule has 1 aromatic carbocycles. The zero-order chi connectivity index (χ0) is 17.2. The Morgan fingerprint density at radius 1 is 1.17 bits per heavy atom. The lowest BCUT2D eigenvalue weighted by molar-refractivity contribution is -0.391. The van der Waals surface area contributed by atoms with Gasteiger partial charge in [0.2, 0.25) is 5.82 Å². The first-order valence-corrected chi connectivity index (χ1v) is 7.10. The fourth-order valence-electron chi connectivity index (χ4n) is 1.95. The summed E-state index contributed by atoms with van der Waals surface area (Å²) in [5.74, 6) is -2.34. The summed E-state index contributed by atoms with van der Waals surface area (Å²) >= 11 is 0. The minimum absolute atomic E-state index is 0.261.